The minimum Gasteiger partial charge on any atom is -0.390 e. The van der Waals surface area contributed by atoms with Crippen molar-refractivity contribution in [3.8, 4) is 0 Å². The number of hydrogen-bond donors (Lipinski definition) is 1. The Bertz CT molecular complexity index is 147. The number of rotatable bonds is 6. The summed E-state index contributed by atoms with van der Waals surface area (Å²) in [6.07, 6.45) is 3.31. The van der Waals surface area contributed by atoms with Crippen molar-refractivity contribution in [3.05, 3.63) is 0 Å². The molecule has 0 amide bonds. The summed E-state index contributed by atoms with van der Waals surface area (Å²) in [7, 11) is 0. The van der Waals surface area contributed by atoms with Crippen LogP contribution >= 0.6 is 0 Å². The quantitative estimate of drug-likeness (QED) is 0.690. The van der Waals surface area contributed by atoms with Gasteiger partial charge in [0.25, 0.3) is 0 Å². The molecule has 14 heavy (non-hydrogen) atoms. The molecule has 0 saturated heterocycles. The molecule has 0 aliphatic carbocycles. The van der Waals surface area contributed by atoms with Crippen LogP contribution in [0.15, 0.2) is 0 Å². The fraction of sp³-hybridized carbons (Fsp3) is 1.00. The zero-order valence-corrected chi connectivity index (χ0v) is 10.8. The summed E-state index contributed by atoms with van der Waals surface area (Å²) in [4.78, 5) is 0. The average molecular weight is 200 g/mol. The molecule has 0 saturated carbocycles. The van der Waals surface area contributed by atoms with E-state index in [1.54, 1.807) is 0 Å². The third kappa shape index (κ3) is 4.45. The molecule has 0 aromatic heterocycles. The minimum atomic E-state index is -0.484. The van der Waals surface area contributed by atoms with Gasteiger partial charge in [0.05, 0.1) is 5.60 Å². The van der Waals surface area contributed by atoms with Gasteiger partial charge in [0.15, 0.2) is 0 Å². The Hall–Kier alpha value is -0.0400. The van der Waals surface area contributed by atoms with Gasteiger partial charge in [-0.1, -0.05) is 41.0 Å². The Morgan fingerprint density at radius 2 is 1.64 bits per heavy atom. The highest BCUT2D eigenvalue weighted by Gasteiger charge is 2.26. The fourth-order valence-corrected chi connectivity index (χ4v) is 1.78. The van der Waals surface area contributed by atoms with E-state index in [2.05, 4.69) is 34.6 Å². The van der Waals surface area contributed by atoms with Gasteiger partial charge in [-0.25, -0.2) is 0 Å². The van der Waals surface area contributed by atoms with E-state index in [0.29, 0.717) is 5.92 Å². The van der Waals surface area contributed by atoms with Crippen LogP contribution in [0.5, 0.6) is 0 Å². The SMILES string of the molecule is CC[C@H](CC[C@@](C)(O)C(C)C)C(C)C. The summed E-state index contributed by atoms with van der Waals surface area (Å²) in [5.74, 6) is 1.86. The Morgan fingerprint density at radius 3 is 1.93 bits per heavy atom. The maximum atomic E-state index is 10.1. The molecule has 0 aliphatic heterocycles. The van der Waals surface area contributed by atoms with Gasteiger partial charge in [-0.2, -0.15) is 0 Å². The molecule has 0 radical (unpaired) electrons. The van der Waals surface area contributed by atoms with Crippen LogP contribution in [-0.2, 0) is 0 Å². The predicted octanol–water partition coefficient (Wildman–Crippen LogP) is 3.86. The van der Waals surface area contributed by atoms with Crippen LogP contribution < -0.4 is 0 Å². The Labute approximate surface area is 89.9 Å². The molecule has 0 spiro atoms. The van der Waals surface area contributed by atoms with Crippen LogP contribution in [0.2, 0.25) is 0 Å². The van der Waals surface area contributed by atoms with E-state index in [9.17, 15) is 5.11 Å². The average Bonchev–Trinajstić information content (AvgIpc) is 2.04. The molecule has 0 bridgehead atoms. The Balaban J connectivity index is 4.02. The molecule has 0 aliphatic rings. The molecule has 1 heteroatoms. The van der Waals surface area contributed by atoms with Crippen LogP contribution in [0.3, 0.4) is 0 Å². The van der Waals surface area contributed by atoms with Gasteiger partial charge in [0.2, 0.25) is 0 Å². The van der Waals surface area contributed by atoms with Gasteiger partial charge in [0.1, 0.15) is 0 Å². The first-order valence-electron chi connectivity index (χ1n) is 6.03. The molecule has 2 atom stereocenters. The molecule has 0 fully saturated rings. The smallest absolute Gasteiger partial charge is 0.0642 e. The number of hydrogen-bond acceptors (Lipinski definition) is 1. The lowest BCUT2D eigenvalue weighted by molar-refractivity contribution is -0.00197. The summed E-state index contributed by atoms with van der Waals surface area (Å²) >= 11 is 0. The van der Waals surface area contributed by atoms with Crippen LogP contribution in [0.1, 0.15) is 60.8 Å². The van der Waals surface area contributed by atoms with E-state index in [1.807, 2.05) is 6.92 Å². The first-order chi connectivity index (χ1) is 6.31. The molecule has 1 N–H and O–H groups in total. The van der Waals surface area contributed by atoms with Crippen molar-refractivity contribution in [2.75, 3.05) is 0 Å². The number of aliphatic hydroxyl groups is 1. The highest BCUT2D eigenvalue weighted by Crippen LogP contribution is 2.28. The largest absolute Gasteiger partial charge is 0.390 e. The van der Waals surface area contributed by atoms with Crippen molar-refractivity contribution in [1.29, 1.82) is 0 Å². The lowest BCUT2D eigenvalue weighted by Gasteiger charge is -2.30. The second kappa shape index (κ2) is 5.75. The maximum absolute atomic E-state index is 10.1. The van der Waals surface area contributed by atoms with Gasteiger partial charge < -0.3 is 5.11 Å². The zero-order chi connectivity index (χ0) is 11.4. The molecule has 0 aromatic carbocycles. The molecule has 0 rings (SSSR count). The predicted molar refractivity (Wildman–Crippen MR) is 63.3 cm³/mol. The molecule has 0 unspecified atom stereocenters. The van der Waals surface area contributed by atoms with Crippen LogP contribution in [-0.4, -0.2) is 10.7 Å². The van der Waals surface area contributed by atoms with Crippen molar-refractivity contribution in [1.82, 2.24) is 0 Å². The van der Waals surface area contributed by atoms with Gasteiger partial charge in [0, 0.05) is 0 Å². The van der Waals surface area contributed by atoms with Crippen LogP contribution in [0.25, 0.3) is 0 Å². The van der Waals surface area contributed by atoms with Gasteiger partial charge in [-0.3, -0.25) is 0 Å². The summed E-state index contributed by atoms with van der Waals surface area (Å²) in [5.41, 5.74) is -0.484. The highest BCUT2D eigenvalue weighted by atomic mass is 16.3. The van der Waals surface area contributed by atoms with E-state index in [4.69, 9.17) is 0 Å². The lowest BCUT2D eigenvalue weighted by Crippen LogP contribution is -2.31. The molecular formula is C13H28O. The van der Waals surface area contributed by atoms with E-state index in [-0.39, 0.29) is 0 Å². The summed E-state index contributed by atoms with van der Waals surface area (Å²) in [5, 5.41) is 10.1. The molecule has 0 aromatic rings. The normalized spacial score (nSPS) is 18.6. The Kier molecular flexibility index (Phi) is 5.73. The second-order valence-electron chi connectivity index (χ2n) is 5.46. The molecule has 1 nitrogen and oxygen atoms in total. The van der Waals surface area contributed by atoms with Crippen molar-refractivity contribution in [2.45, 2.75) is 66.4 Å². The first kappa shape index (κ1) is 14.0. The molecule has 86 valence electrons. The third-order valence-corrected chi connectivity index (χ3v) is 3.73. The fourth-order valence-electron chi connectivity index (χ4n) is 1.78. The van der Waals surface area contributed by atoms with Gasteiger partial charge in [-0.05, 0) is 37.5 Å². The standard InChI is InChI=1S/C13H28O/c1-7-12(10(2)3)8-9-13(6,14)11(4)5/h10-12,14H,7-9H2,1-6H3/t12-,13-/m1/s1. The minimum absolute atomic E-state index is 0.354. The lowest BCUT2D eigenvalue weighted by atomic mass is 9.81. The zero-order valence-electron chi connectivity index (χ0n) is 10.8. The van der Waals surface area contributed by atoms with E-state index >= 15 is 0 Å². The summed E-state index contributed by atoms with van der Waals surface area (Å²) < 4.78 is 0. The van der Waals surface area contributed by atoms with Crippen LogP contribution in [0.4, 0.5) is 0 Å². The third-order valence-electron chi connectivity index (χ3n) is 3.73. The topological polar surface area (TPSA) is 20.2 Å². The van der Waals surface area contributed by atoms with Gasteiger partial charge in [-0.15, -0.1) is 0 Å². The van der Waals surface area contributed by atoms with Gasteiger partial charge >= 0.3 is 0 Å². The first-order valence-corrected chi connectivity index (χ1v) is 6.03. The summed E-state index contributed by atoms with van der Waals surface area (Å²) in [6, 6.07) is 0. The molecular weight excluding hydrogens is 172 g/mol. The summed E-state index contributed by atoms with van der Waals surface area (Å²) in [6.45, 7) is 12.9. The van der Waals surface area contributed by atoms with Crippen molar-refractivity contribution < 1.29 is 5.11 Å². The van der Waals surface area contributed by atoms with E-state index in [0.717, 1.165) is 24.7 Å². The van der Waals surface area contributed by atoms with Crippen molar-refractivity contribution in [2.24, 2.45) is 17.8 Å². The Morgan fingerprint density at radius 1 is 1.14 bits per heavy atom. The van der Waals surface area contributed by atoms with E-state index < -0.39 is 5.60 Å². The monoisotopic (exact) mass is 200 g/mol. The second-order valence-corrected chi connectivity index (χ2v) is 5.46. The van der Waals surface area contributed by atoms with Crippen molar-refractivity contribution >= 4 is 0 Å². The van der Waals surface area contributed by atoms with E-state index in [1.165, 1.54) is 6.42 Å². The van der Waals surface area contributed by atoms with Crippen molar-refractivity contribution in [3.63, 3.8) is 0 Å². The van der Waals surface area contributed by atoms with Crippen LogP contribution in [0, 0.1) is 17.8 Å². The molecule has 0 heterocycles. The maximum Gasteiger partial charge on any atom is 0.0642 e. The highest BCUT2D eigenvalue weighted by molar-refractivity contribution is 4.78.